The number of carbonyl (C=O) groups excluding carboxylic acids is 1. The first-order chi connectivity index (χ1) is 10.0. The standard InChI is InChI=1S/C14H18N2O5/c1-21-14(18)9-2-7-12(13(8-9)16(19)20)15-10-3-5-11(17)6-4-10/h2,7-8,10-11,15,17H,3-6H2,1H3/t10-,11+. The van der Waals surface area contributed by atoms with Crippen LogP contribution in [-0.2, 0) is 4.74 Å². The number of hydrogen-bond donors (Lipinski definition) is 2. The van der Waals surface area contributed by atoms with Crippen molar-refractivity contribution in [2.24, 2.45) is 0 Å². The molecule has 0 heterocycles. The van der Waals surface area contributed by atoms with Crippen LogP contribution >= 0.6 is 0 Å². The van der Waals surface area contributed by atoms with E-state index >= 15 is 0 Å². The maximum atomic E-state index is 11.4. The largest absolute Gasteiger partial charge is 0.465 e. The topological polar surface area (TPSA) is 102 Å². The number of anilines is 1. The summed E-state index contributed by atoms with van der Waals surface area (Å²) in [7, 11) is 1.23. The van der Waals surface area contributed by atoms with Crippen LogP contribution < -0.4 is 5.32 Å². The normalized spacial score (nSPS) is 21.6. The Labute approximate surface area is 122 Å². The van der Waals surface area contributed by atoms with Crippen molar-refractivity contribution in [1.82, 2.24) is 0 Å². The highest BCUT2D eigenvalue weighted by Crippen LogP contribution is 2.29. The summed E-state index contributed by atoms with van der Waals surface area (Å²) < 4.78 is 4.56. The molecule has 0 bridgehead atoms. The SMILES string of the molecule is COC(=O)c1ccc(N[C@H]2CC[C@@H](O)CC2)c([N+](=O)[O-])c1. The molecule has 0 radical (unpaired) electrons. The lowest BCUT2D eigenvalue weighted by atomic mass is 9.93. The van der Waals surface area contributed by atoms with E-state index in [9.17, 15) is 20.0 Å². The van der Waals surface area contributed by atoms with Crippen LogP contribution in [0.25, 0.3) is 0 Å². The van der Waals surface area contributed by atoms with Gasteiger partial charge in [-0.15, -0.1) is 0 Å². The maximum absolute atomic E-state index is 11.4. The van der Waals surface area contributed by atoms with Gasteiger partial charge in [0.05, 0.1) is 23.7 Å². The fourth-order valence-corrected chi connectivity index (χ4v) is 2.49. The van der Waals surface area contributed by atoms with E-state index < -0.39 is 10.9 Å². The van der Waals surface area contributed by atoms with E-state index in [1.165, 1.54) is 25.3 Å². The number of hydrogen-bond acceptors (Lipinski definition) is 6. The maximum Gasteiger partial charge on any atom is 0.338 e. The van der Waals surface area contributed by atoms with E-state index in [0.29, 0.717) is 18.5 Å². The van der Waals surface area contributed by atoms with Crippen LogP contribution in [-0.4, -0.2) is 35.3 Å². The summed E-state index contributed by atoms with van der Waals surface area (Å²) in [6.07, 6.45) is 2.62. The lowest BCUT2D eigenvalue weighted by Crippen LogP contribution is -2.28. The molecule has 2 N–H and O–H groups in total. The second-order valence-electron chi connectivity index (χ2n) is 5.13. The van der Waals surface area contributed by atoms with Gasteiger partial charge in [0, 0.05) is 12.1 Å². The summed E-state index contributed by atoms with van der Waals surface area (Å²) in [5, 5.41) is 23.8. The molecule has 114 valence electrons. The molecule has 0 aliphatic heterocycles. The molecule has 2 rings (SSSR count). The highest BCUT2D eigenvalue weighted by molar-refractivity contribution is 5.91. The zero-order valence-electron chi connectivity index (χ0n) is 11.7. The predicted octanol–water partition coefficient (Wildman–Crippen LogP) is 2.10. The molecule has 0 saturated heterocycles. The molecule has 7 heteroatoms. The number of aliphatic hydroxyl groups excluding tert-OH is 1. The minimum absolute atomic E-state index is 0.0936. The van der Waals surface area contributed by atoms with E-state index in [1.54, 1.807) is 0 Å². The zero-order valence-corrected chi connectivity index (χ0v) is 11.7. The fourth-order valence-electron chi connectivity index (χ4n) is 2.49. The van der Waals surface area contributed by atoms with E-state index in [4.69, 9.17) is 0 Å². The molecular formula is C14H18N2O5. The Balaban J connectivity index is 2.18. The van der Waals surface area contributed by atoms with E-state index in [0.717, 1.165) is 12.8 Å². The minimum atomic E-state index is -0.606. The Morgan fingerprint density at radius 2 is 2.05 bits per heavy atom. The Bertz CT molecular complexity index is 538. The molecule has 1 aliphatic carbocycles. The van der Waals surface area contributed by atoms with Crippen molar-refractivity contribution in [2.45, 2.75) is 37.8 Å². The molecule has 0 atom stereocenters. The van der Waals surface area contributed by atoms with Gasteiger partial charge in [-0.3, -0.25) is 10.1 Å². The molecule has 0 amide bonds. The number of ether oxygens (including phenoxy) is 1. The summed E-state index contributed by atoms with van der Waals surface area (Å²) in [6.45, 7) is 0. The highest BCUT2D eigenvalue weighted by atomic mass is 16.6. The summed E-state index contributed by atoms with van der Waals surface area (Å²) in [5.41, 5.74) is 0.381. The number of carbonyl (C=O) groups is 1. The Morgan fingerprint density at radius 3 is 2.62 bits per heavy atom. The van der Waals surface area contributed by atoms with Crippen LogP contribution in [0.4, 0.5) is 11.4 Å². The number of esters is 1. The third kappa shape index (κ3) is 3.69. The molecule has 1 aromatic rings. The van der Waals surface area contributed by atoms with Gasteiger partial charge in [0.2, 0.25) is 0 Å². The smallest absolute Gasteiger partial charge is 0.338 e. The molecule has 1 saturated carbocycles. The van der Waals surface area contributed by atoms with Gasteiger partial charge in [0.1, 0.15) is 5.69 Å². The number of methoxy groups -OCH3 is 1. The van der Waals surface area contributed by atoms with Crippen molar-refractivity contribution >= 4 is 17.3 Å². The number of benzene rings is 1. The van der Waals surface area contributed by atoms with Crippen LogP contribution in [0.5, 0.6) is 0 Å². The quantitative estimate of drug-likeness (QED) is 0.501. The first-order valence-corrected chi connectivity index (χ1v) is 6.82. The fraction of sp³-hybridized carbons (Fsp3) is 0.500. The van der Waals surface area contributed by atoms with E-state index in [1.807, 2.05) is 0 Å². The molecule has 21 heavy (non-hydrogen) atoms. The van der Waals surface area contributed by atoms with Gasteiger partial charge >= 0.3 is 5.97 Å². The molecule has 0 spiro atoms. The second-order valence-corrected chi connectivity index (χ2v) is 5.13. The number of nitro benzene ring substituents is 1. The minimum Gasteiger partial charge on any atom is -0.465 e. The van der Waals surface area contributed by atoms with Crippen molar-refractivity contribution in [1.29, 1.82) is 0 Å². The van der Waals surface area contributed by atoms with Gasteiger partial charge in [-0.05, 0) is 37.8 Å². The number of rotatable bonds is 4. The second kappa shape index (κ2) is 6.53. The Kier molecular flexibility index (Phi) is 4.74. The van der Waals surface area contributed by atoms with Crippen molar-refractivity contribution in [3.05, 3.63) is 33.9 Å². The first-order valence-electron chi connectivity index (χ1n) is 6.82. The molecule has 1 aromatic carbocycles. The van der Waals surface area contributed by atoms with Crippen LogP contribution in [0.1, 0.15) is 36.0 Å². The summed E-state index contributed by atoms with van der Waals surface area (Å²) in [5.74, 6) is -0.606. The van der Waals surface area contributed by atoms with E-state index in [-0.39, 0.29) is 23.4 Å². The summed E-state index contributed by atoms with van der Waals surface area (Å²) in [6, 6.07) is 4.33. The van der Waals surface area contributed by atoms with Crippen molar-refractivity contribution in [3.63, 3.8) is 0 Å². The summed E-state index contributed by atoms with van der Waals surface area (Å²) in [4.78, 5) is 22.1. The van der Waals surface area contributed by atoms with Gasteiger partial charge in [-0.1, -0.05) is 0 Å². The summed E-state index contributed by atoms with van der Waals surface area (Å²) >= 11 is 0. The van der Waals surface area contributed by atoms with Gasteiger partial charge < -0.3 is 15.2 Å². The zero-order chi connectivity index (χ0) is 15.4. The number of nitrogens with zero attached hydrogens (tertiary/aromatic N) is 1. The Morgan fingerprint density at radius 1 is 1.38 bits per heavy atom. The predicted molar refractivity (Wildman–Crippen MR) is 76.3 cm³/mol. The molecule has 0 aromatic heterocycles. The third-order valence-corrected chi connectivity index (χ3v) is 3.67. The van der Waals surface area contributed by atoms with Gasteiger partial charge in [-0.25, -0.2) is 4.79 Å². The molecular weight excluding hydrogens is 276 g/mol. The average Bonchev–Trinajstić information content (AvgIpc) is 2.49. The van der Waals surface area contributed by atoms with Crippen molar-refractivity contribution in [2.75, 3.05) is 12.4 Å². The lowest BCUT2D eigenvalue weighted by Gasteiger charge is -2.26. The first kappa shape index (κ1) is 15.2. The number of aliphatic hydroxyl groups is 1. The van der Waals surface area contributed by atoms with Crippen molar-refractivity contribution < 1.29 is 19.6 Å². The lowest BCUT2D eigenvalue weighted by molar-refractivity contribution is -0.384. The average molecular weight is 294 g/mol. The Hall–Kier alpha value is -2.15. The van der Waals surface area contributed by atoms with Gasteiger partial charge in [-0.2, -0.15) is 0 Å². The van der Waals surface area contributed by atoms with Crippen LogP contribution in [0.3, 0.4) is 0 Å². The van der Waals surface area contributed by atoms with E-state index in [2.05, 4.69) is 10.1 Å². The highest BCUT2D eigenvalue weighted by Gasteiger charge is 2.23. The monoisotopic (exact) mass is 294 g/mol. The third-order valence-electron chi connectivity index (χ3n) is 3.67. The van der Waals surface area contributed by atoms with Crippen LogP contribution in [0.2, 0.25) is 0 Å². The number of nitrogens with one attached hydrogen (secondary N) is 1. The van der Waals surface area contributed by atoms with Crippen LogP contribution in [0, 0.1) is 10.1 Å². The van der Waals surface area contributed by atoms with Crippen LogP contribution in [0.15, 0.2) is 18.2 Å². The molecule has 1 fully saturated rings. The molecule has 0 unspecified atom stereocenters. The molecule has 7 nitrogen and oxygen atoms in total. The van der Waals surface area contributed by atoms with Crippen molar-refractivity contribution in [3.8, 4) is 0 Å². The number of nitro groups is 1. The van der Waals surface area contributed by atoms with Gasteiger partial charge in [0.25, 0.3) is 5.69 Å². The van der Waals surface area contributed by atoms with Gasteiger partial charge in [0.15, 0.2) is 0 Å². The molecule has 1 aliphatic rings.